The van der Waals surface area contributed by atoms with Crippen molar-refractivity contribution in [3.63, 3.8) is 0 Å². The zero-order chi connectivity index (χ0) is 7.84. The van der Waals surface area contributed by atoms with E-state index >= 15 is 0 Å². The first kappa shape index (κ1) is 7.10. The van der Waals surface area contributed by atoms with E-state index in [0.717, 1.165) is 11.8 Å². The second kappa shape index (κ2) is 2.48. The van der Waals surface area contributed by atoms with Gasteiger partial charge in [-0.05, 0) is 31.1 Å². The van der Waals surface area contributed by atoms with Crippen molar-refractivity contribution in [3.8, 4) is 0 Å². The number of fused-ring (bicyclic) bond motifs is 1. The number of carbonyl (C=O) groups is 1. The third-order valence-electron chi connectivity index (χ3n) is 2.81. The Morgan fingerprint density at radius 1 is 1.36 bits per heavy atom. The van der Waals surface area contributed by atoms with Crippen molar-refractivity contribution in [3.05, 3.63) is 0 Å². The molecule has 3 N–H and O–H groups in total. The SMILES string of the molecule is NC(=O)CNC1CC2CC2C1. The lowest BCUT2D eigenvalue weighted by Crippen LogP contribution is -2.35. The summed E-state index contributed by atoms with van der Waals surface area (Å²) in [7, 11) is 0. The molecule has 2 fully saturated rings. The third kappa shape index (κ3) is 1.53. The highest BCUT2D eigenvalue weighted by atomic mass is 16.1. The van der Waals surface area contributed by atoms with E-state index in [4.69, 9.17) is 5.73 Å². The van der Waals surface area contributed by atoms with Gasteiger partial charge < -0.3 is 11.1 Å². The van der Waals surface area contributed by atoms with Gasteiger partial charge in [-0.1, -0.05) is 0 Å². The highest BCUT2D eigenvalue weighted by molar-refractivity contribution is 5.75. The smallest absolute Gasteiger partial charge is 0.231 e. The Kier molecular flexibility index (Phi) is 1.60. The van der Waals surface area contributed by atoms with E-state index in [0.29, 0.717) is 12.6 Å². The fourth-order valence-electron chi connectivity index (χ4n) is 2.13. The lowest BCUT2D eigenvalue weighted by atomic mass is 10.1. The standard InChI is InChI=1S/C8H14N2O/c9-8(11)4-10-7-2-5-1-6(5)3-7/h5-7,10H,1-4H2,(H2,9,11). The molecule has 3 heteroatoms. The number of amides is 1. The zero-order valence-corrected chi connectivity index (χ0v) is 6.55. The van der Waals surface area contributed by atoms with E-state index in [-0.39, 0.29) is 5.91 Å². The molecule has 11 heavy (non-hydrogen) atoms. The van der Waals surface area contributed by atoms with Crippen molar-refractivity contribution in [1.82, 2.24) is 5.32 Å². The molecule has 2 unspecified atom stereocenters. The summed E-state index contributed by atoms with van der Waals surface area (Å²) in [5.74, 6) is 1.70. The molecule has 0 aromatic carbocycles. The highest BCUT2D eigenvalue weighted by Crippen LogP contribution is 2.51. The molecule has 3 nitrogen and oxygen atoms in total. The van der Waals surface area contributed by atoms with Gasteiger partial charge in [-0.2, -0.15) is 0 Å². The average Bonchev–Trinajstić information content (AvgIpc) is 2.56. The van der Waals surface area contributed by atoms with Crippen LogP contribution >= 0.6 is 0 Å². The summed E-state index contributed by atoms with van der Waals surface area (Å²) in [6.07, 6.45) is 3.95. The van der Waals surface area contributed by atoms with Crippen LogP contribution in [0.3, 0.4) is 0 Å². The summed E-state index contributed by atoms with van der Waals surface area (Å²) in [4.78, 5) is 10.4. The van der Waals surface area contributed by atoms with Crippen LogP contribution in [0.2, 0.25) is 0 Å². The molecule has 0 aliphatic heterocycles. The summed E-state index contributed by atoms with van der Waals surface area (Å²) in [6.45, 7) is 0.351. The van der Waals surface area contributed by atoms with Crippen molar-refractivity contribution >= 4 is 5.91 Å². The molecule has 62 valence electrons. The molecule has 0 aromatic heterocycles. The second-order valence-corrected chi connectivity index (χ2v) is 3.77. The maximum atomic E-state index is 10.4. The van der Waals surface area contributed by atoms with Crippen LogP contribution in [-0.2, 0) is 4.79 Å². The van der Waals surface area contributed by atoms with E-state index < -0.39 is 0 Å². The van der Waals surface area contributed by atoms with Gasteiger partial charge in [0.15, 0.2) is 0 Å². The minimum atomic E-state index is -0.245. The largest absolute Gasteiger partial charge is 0.369 e. The molecular formula is C8H14N2O. The molecule has 2 aliphatic carbocycles. The quantitative estimate of drug-likeness (QED) is 0.594. The van der Waals surface area contributed by atoms with Crippen molar-refractivity contribution in [2.75, 3.05) is 6.54 Å². The van der Waals surface area contributed by atoms with Gasteiger partial charge >= 0.3 is 0 Å². The van der Waals surface area contributed by atoms with Crippen molar-refractivity contribution in [2.24, 2.45) is 17.6 Å². The van der Waals surface area contributed by atoms with E-state index in [1.165, 1.54) is 19.3 Å². The van der Waals surface area contributed by atoms with Crippen LogP contribution in [0.1, 0.15) is 19.3 Å². The maximum Gasteiger partial charge on any atom is 0.231 e. The summed E-state index contributed by atoms with van der Waals surface area (Å²) >= 11 is 0. The number of nitrogens with one attached hydrogen (secondary N) is 1. The highest BCUT2D eigenvalue weighted by Gasteiger charge is 2.45. The molecule has 2 atom stereocenters. The minimum absolute atomic E-state index is 0.245. The van der Waals surface area contributed by atoms with Crippen LogP contribution in [0.5, 0.6) is 0 Å². The van der Waals surface area contributed by atoms with Crippen molar-refractivity contribution < 1.29 is 4.79 Å². The molecular weight excluding hydrogens is 140 g/mol. The zero-order valence-electron chi connectivity index (χ0n) is 6.55. The Morgan fingerprint density at radius 3 is 2.55 bits per heavy atom. The molecule has 0 aromatic rings. The predicted molar refractivity (Wildman–Crippen MR) is 41.8 cm³/mol. The minimum Gasteiger partial charge on any atom is -0.369 e. The number of primary amides is 1. The number of carbonyl (C=O) groups excluding carboxylic acids is 1. The number of rotatable bonds is 3. The average molecular weight is 154 g/mol. The Bertz CT molecular complexity index is 171. The summed E-state index contributed by atoms with van der Waals surface area (Å²) in [5.41, 5.74) is 5.01. The van der Waals surface area contributed by atoms with E-state index in [1.807, 2.05) is 0 Å². The van der Waals surface area contributed by atoms with Gasteiger partial charge in [0, 0.05) is 6.04 Å². The van der Waals surface area contributed by atoms with Gasteiger partial charge in [-0.15, -0.1) is 0 Å². The van der Waals surface area contributed by atoms with Crippen molar-refractivity contribution in [2.45, 2.75) is 25.3 Å². The van der Waals surface area contributed by atoms with Crippen LogP contribution in [-0.4, -0.2) is 18.5 Å². The first-order valence-corrected chi connectivity index (χ1v) is 4.27. The Balaban J connectivity index is 1.68. The monoisotopic (exact) mass is 154 g/mol. The van der Waals surface area contributed by atoms with E-state index in [2.05, 4.69) is 5.32 Å². The number of hydrogen-bond donors (Lipinski definition) is 2. The van der Waals surface area contributed by atoms with Gasteiger partial charge in [-0.25, -0.2) is 0 Å². The predicted octanol–water partition coefficient (Wildman–Crippen LogP) is -0.140. The summed E-state index contributed by atoms with van der Waals surface area (Å²) in [6, 6.07) is 0.575. The molecule has 0 heterocycles. The molecule has 2 saturated carbocycles. The third-order valence-corrected chi connectivity index (χ3v) is 2.81. The molecule has 2 aliphatic rings. The van der Waals surface area contributed by atoms with Crippen LogP contribution in [0.25, 0.3) is 0 Å². The number of nitrogens with two attached hydrogens (primary N) is 1. The molecule has 0 bridgehead atoms. The second-order valence-electron chi connectivity index (χ2n) is 3.77. The molecule has 0 radical (unpaired) electrons. The summed E-state index contributed by atoms with van der Waals surface area (Å²) < 4.78 is 0. The number of hydrogen-bond acceptors (Lipinski definition) is 2. The first-order valence-electron chi connectivity index (χ1n) is 4.27. The van der Waals surface area contributed by atoms with Gasteiger partial charge in [-0.3, -0.25) is 4.79 Å². The van der Waals surface area contributed by atoms with Gasteiger partial charge in [0.2, 0.25) is 5.91 Å². The van der Waals surface area contributed by atoms with Crippen LogP contribution in [0, 0.1) is 11.8 Å². The fourth-order valence-corrected chi connectivity index (χ4v) is 2.13. The van der Waals surface area contributed by atoms with Crippen LogP contribution in [0.4, 0.5) is 0 Å². The van der Waals surface area contributed by atoms with Crippen molar-refractivity contribution in [1.29, 1.82) is 0 Å². The molecule has 0 saturated heterocycles. The fraction of sp³-hybridized carbons (Fsp3) is 0.875. The Hall–Kier alpha value is -0.570. The van der Waals surface area contributed by atoms with Gasteiger partial charge in [0.25, 0.3) is 0 Å². The van der Waals surface area contributed by atoms with Crippen LogP contribution in [0.15, 0.2) is 0 Å². The topological polar surface area (TPSA) is 55.1 Å². The maximum absolute atomic E-state index is 10.4. The van der Waals surface area contributed by atoms with E-state index in [9.17, 15) is 4.79 Å². The molecule has 0 spiro atoms. The Morgan fingerprint density at radius 2 is 2.00 bits per heavy atom. The molecule has 2 rings (SSSR count). The first-order chi connectivity index (χ1) is 5.25. The lowest BCUT2D eigenvalue weighted by Gasteiger charge is -2.11. The summed E-state index contributed by atoms with van der Waals surface area (Å²) in [5, 5.41) is 3.17. The van der Waals surface area contributed by atoms with Gasteiger partial charge in [0.1, 0.15) is 0 Å². The molecule has 1 amide bonds. The Labute approximate surface area is 66.3 Å². The van der Waals surface area contributed by atoms with Gasteiger partial charge in [0.05, 0.1) is 6.54 Å². The normalized spacial score (nSPS) is 40.2. The van der Waals surface area contributed by atoms with E-state index in [1.54, 1.807) is 0 Å². The van der Waals surface area contributed by atoms with Crippen LogP contribution < -0.4 is 11.1 Å². The lowest BCUT2D eigenvalue weighted by molar-refractivity contribution is -0.117.